The fourth-order valence-corrected chi connectivity index (χ4v) is 5.94. The van der Waals surface area contributed by atoms with Gasteiger partial charge in [-0.05, 0) is 25.3 Å². The number of ketones is 1. The molecule has 0 saturated heterocycles. The number of hydrogen-bond acceptors (Lipinski definition) is 6. The molecule has 3 heterocycles. The number of dihydropyridines is 1. The van der Waals surface area contributed by atoms with Crippen molar-refractivity contribution in [3.8, 4) is 0 Å². The zero-order valence-electron chi connectivity index (χ0n) is 13.5. The maximum atomic E-state index is 13.1. The van der Waals surface area contributed by atoms with Gasteiger partial charge in [0.15, 0.2) is 5.78 Å². The molecule has 1 unspecified atom stereocenters. The number of hydrogen-bond donors (Lipinski definition) is 1. The van der Waals surface area contributed by atoms with Crippen LogP contribution in [-0.4, -0.2) is 16.5 Å². The number of nitro groups is 1. The van der Waals surface area contributed by atoms with Crippen molar-refractivity contribution in [3.63, 3.8) is 0 Å². The highest BCUT2D eigenvalue weighted by molar-refractivity contribution is 8.03. The van der Waals surface area contributed by atoms with Crippen molar-refractivity contribution in [2.24, 2.45) is 5.41 Å². The van der Waals surface area contributed by atoms with Gasteiger partial charge in [0.05, 0.1) is 10.8 Å². The summed E-state index contributed by atoms with van der Waals surface area (Å²) in [7, 11) is 0. The number of thiophene rings is 1. The summed E-state index contributed by atoms with van der Waals surface area (Å²) in [5.74, 6) is 1.05. The van der Waals surface area contributed by atoms with Gasteiger partial charge in [0.1, 0.15) is 0 Å². The SMILES string of the molecule is CC1(C)CCC2=C(C1=O)C(c1ccc([N+](=O)[O-])s1)C1=C(CCS1)N2. The van der Waals surface area contributed by atoms with Gasteiger partial charge in [-0.1, -0.05) is 25.2 Å². The molecule has 0 fully saturated rings. The Bertz CT molecular complexity index is 820. The number of rotatable bonds is 2. The van der Waals surface area contributed by atoms with E-state index in [-0.39, 0.29) is 27.0 Å². The summed E-state index contributed by atoms with van der Waals surface area (Å²) in [6, 6.07) is 3.38. The first-order valence-corrected chi connectivity index (χ1v) is 9.83. The van der Waals surface area contributed by atoms with Crippen LogP contribution in [0, 0.1) is 15.5 Å². The summed E-state index contributed by atoms with van der Waals surface area (Å²) in [5, 5.41) is 14.7. The standard InChI is InChI=1S/C17H18N2O3S2/c1-17(2)7-5-9-13(16(17)20)14(15-10(18-9)6-8-23-15)11-3-4-12(24-11)19(21)22/h3-4,14,18H,5-8H2,1-2H3. The van der Waals surface area contributed by atoms with Crippen LogP contribution >= 0.6 is 23.1 Å². The lowest BCUT2D eigenvalue weighted by atomic mass is 9.70. The average molecular weight is 362 g/mol. The zero-order valence-corrected chi connectivity index (χ0v) is 15.2. The largest absolute Gasteiger partial charge is 0.361 e. The van der Waals surface area contributed by atoms with Gasteiger partial charge in [0.2, 0.25) is 0 Å². The van der Waals surface area contributed by atoms with Crippen LogP contribution in [0.25, 0.3) is 0 Å². The number of carbonyl (C=O) groups is 1. The predicted molar refractivity (Wildman–Crippen MR) is 96.0 cm³/mol. The van der Waals surface area contributed by atoms with E-state index in [0.717, 1.165) is 41.2 Å². The number of Topliss-reactive ketones (excluding diaryl/α,β-unsaturated/α-hetero) is 1. The summed E-state index contributed by atoms with van der Waals surface area (Å²) in [4.78, 5) is 25.9. The number of nitrogens with one attached hydrogen (secondary N) is 1. The topological polar surface area (TPSA) is 72.2 Å². The fraction of sp³-hybridized carbons (Fsp3) is 0.471. The molecule has 0 spiro atoms. The summed E-state index contributed by atoms with van der Waals surface area (Å²) in [5.41, 5.74) is 2.69. The molecule has 0 saturated carbocycles. The van der Waals surface area contributed by atoms with Crippen LogP contribution in [0.3, 0.4) is 0 Å². The zero-order chi connectivity index (χ0) is 17.1. The highest BCUT2D eigenvalue weighted by Gasteiger charge is 2.45. The molecule has 1 aliphatic carbocycles. The van der Waals surface area contributed by atoms with E-state index in [9.17, 15) is 14.9 Å². The number of thioether (sulfide) groups is 1. The summed E-state index contributed by atoms with van der Waals surface area (Å²) in [6.07, 6.45) is 2.67. The summed E-state index contributed by atoms with van der Waals surface area (Å²) in [6.45, 7) is 4.00. The van der Waals surface area contributed by atoms with Crippen molar-refractivity contribution in [2.75, 3.05) is 5.75 Å². The van der Waals surface area contributed by atoms with Gasteiger partial charge in [-0.2, -0.15) is 0 Å². The van der Waals surface area contributed by atoms with E-state index in [4.69, 9.17) is 0 Å². The first kappa shape index (κ1) is 15.9. The third kappa shape index (κ3) is 2.33. The minimum Gasteiger partial charge on any atom is -0.361 e. The molecule has 0 aromatic carbocycles. The van der Waals surface area contributed by atoms with Gasteiger partial charge in [0.25, 0.3) is 0 Å². The minimum atomic E-state index is -0.372. The molecule has 1 atom stereocenters. The second kappa shape index (κ2) is 5.46. The normalized spacial score (nSPS) is 25.4. The van der Waals surface area contributed by atoms with Crippen molar-refractivity contribution in [1.29, 1.82) is 0 Å². The summed E-state index contributed by atoms with van der Waals surface area (Å²) < 4.78 is 0. The second-order valence-electron chi connectivity index (χ2n) is 7.04. The van der Waals surface area contributed by atoms with Gasteiger partial charge in [-0.15, -0.1) is 11.8 Å². The van der Waals surface area contributed by atoms with Crippen LogP contribution in [0.1, 0.15) is 43.9 Å². The van der Waals surface area contributed by atoms with Crippen LogP contribution in [0.4, 0.5) is 5.00 Å². The van der Waals surface area contributed by atoms with E-state index in [1.165, 1.54) is 21.9 Å². The Morgan fingerprint density at radius 1 is 1.29 bits per heavy atom. The number of carbonyl (C=O) groups excluding carboxylic acids is 1. The highest BCUT2D eigenvalue weighted by Crippen LogP contribution is 2.53. The van der Waals surface area contributed by atoms with E-state index in [1.54, 1.807) is 17.8 Å². The molecule has 2 aliphatic heterocycles. The molecule has 0 bridgehead atoms. The molecular weight excluding hydrogens is 344 g/mol. The Balaban J connectivity index is 1.85. The molecule has 0 radical (unpaired) electrons. The van der Waals surface area contributed by atoms with Crippen molar-refractivity contribution in [1.82, 2.24) is 5.32 Å². The summed E-state index contributed by atoms with van der Waals surface area (Å²) >= 11 is 2.97. The smallest absolute Gasteiger partial charge is 0.324 e. The van der Waals surface area contributed by atoms with Crippen LogP contribution in [0.5, 0.6) is 0 Å². The Morgan fingerprint density at radius 3 is 2.79 bits per heavy atom. The predicted octanol–water partition coefficient (Wildman–Crippen LogP) is 4.33. The van der Waals surface area contributed by atoms with E-state index >= 15 is 0 Å². The first-order chi connectivity index (χ1) is 11.4. The van der Waals surface area contributed by atoms with Crippen molar-refractivity contribution in [3.05, 3.63) is 49.0 Å². The Morgan fingerprint density at radius 2 is 2.08 bits per heavy atom. The third-order valence-electron chi connectivity index (χ3n) is 5.02. The Kier molecular flexibility index (Phi) is 3.61. The van der Waals surface area contributed by atoms with Gasteiger partial charge in [-0.3, -0.25) is 14.9 Å². The van der Waals surface area contributed by atoms with Gasteiger partial charge in [0, 0.05) is 44.0 Å². The minimum absolute atomic E-state index is 0.130. The van der Waals surface area contributed by atoms with E-state index in [0.29, 0.717) is 0 Å². The van der Waals surface area contributed by atoms with Crippen LogP contribution in [-0.2, 0) is 4.79 Å². The average Bonchev–Trinajstić information content (AvgIpc) is 3.18. The van der Waals surface area contributed by atoms with Gasteiger partial charge < -0.3 is 5.32 Å². The Hall–Kier alpha value is -1.60. The van der Waals surface area contributed by atoms with Crippen molar-refractivity contribution >= 4 is 33.9 Å². The molecule has 4 rings (SSSR count). The lowest BCUT2D eigenvalue weighted by Crippen LogP contribution is -2.38. The van der Waals surface area contributed by atoms with Gasteiger partial charge in [-0.25, -0.2) is 0 Å². The van der Waals surface area contributed by atoms with Crippen LogP contribution in [0.15, 0.2) is 34.0 Å². The van der Waals surface area contributed by atoms with Crippen molar-refractivity contribution < 1.29 is 9.72 Å². The fourth-order valence-electron chi connectivity index (χ4n) is 3.66. The quantitative estimate of drug-likeness (QED) is 0.626. The third-order valence-corrected chi connectivity index (χ3v) is 7.32. The maximum absolute atomic E-state index is 13.1. The number of allylic oxidation sites excluding steroid dienone is 4. The lowest BCUT2D eigenvalue weighted by molar-refractivity contribution is -0.380. The molecule has 1 aromatic heterocycles. The van der Waals surface area contributed by atoms with E-state index < -0.39 is 0 Å². The lowest BCUT2D eigenvalue weighted by Gasteiger charge is -2.38. The molecule has 0 amide bonds. The maximum Gasteiger partial charge on any atom is 0.324 e. The Labute approximate surface area is 148 Å². The molecule has 126 valence electrons. The molecule has 7 heteroatoms. The molecule has 5 nitrogen and oxygen atoms in total. The first-order valence-electron chi connectivity index (χ1n) is 8.03. The van der Waals surface area contributed by atoms with E-state index in [2.05, 4.69) is 5.32 Å². The second-order valence-corrected chi connectivity index (χ2v) is 9.27. The molecule has 3 aliphatic rings. The monoisotopic (exact) mass is 362 g/mol. The molecular formula is C17H18N2O3S2. The van der Waals surface area contributed by atoms with Crippen LogP contribution in [0.2, 0.25) is 0 Å². The molecule has 24 heavy (non-hydrogen) atoms. The molecule has 1 aromatic rings. The highest BCUT2D eigenvalue weighted by atomic mass is 32.2. The van der Waals surface area contributed by atoms with Crippen molar-refractivity contribution in [2.45, 2.75) is 39.0 Å². The number of nitrogens with zero attached hydrogens (tertiary/aromatic N) is 1. The van der Waals surface area contributed by atoms with Crippen LogP contribution < -0.4 is 5.32 Å². The van der Waals surface area contributed by atoms with E-state index in [1.807, 2.05) is 19.9 Å². The molecule has 1 N–H and O–H groups in total. The van der Waals surface area contributed by atoms with Gasteiger partial charge >= 0.3 is 5.00 Å².